The van der Waals surface area contributed by atoms with E-state index < -0.39 is 6.04 Å². The van der Waals surface area contributed by atoms with Crippen molar-refractivity contribution in [3.05, 3.63) is 59.7 Å². The highest BCUT2D eigenvalue weighted by Crippen LogP contribution is 2.29. The maximum atomic E-state index is 14.2. The van der Waals surface area contributed by atoms with Gasteiger partial charge in [0.15, 0.2) is 0 Å². The van der Waals surface area contributed by atoms with Crippen molar-refractivity contribution in [3.8, 4) is 5.75 Å². The highest BCUT2D eigenvalue weighted by molar-refractivity contribution is 6.05. The average molecular weight is 597 g/mol. The van der Waals surface area contributed by atoms with Crippen molar-refractivity contribution in [1.29, 1.82) is 0 Å². The second-order valence-electron chi connectivity index (χ2n) is 11.8. The number of aliphatic hydroxyl groups is 1. The maximum Gasteiger partial charge on any atom is 0.317 e. The molecule has 0 unspecified atom stereocenters. The number of aliphatic hydroxyl groups excluding tert-OH is 1. The zero-order valence-corrected chi connectivity index (χ0v) is 26.3. The highest BCUT2D eigenvalue weighted by Gasteiger charge is 2.31. The number of nitrogens with one attached hydrogen (secondary N) is 2. The molecule has 4 atom stereocenters. The Balaban J connectivity index is 1.94. The molecule has 43 heavy (non-hydrogen) atoms. The molecule has 0 bridgehead atoms. The third-order valence-electron chi connectivity index (χ3n) is 7.56. The van der Waals surface area contributed by atoms with Crippen LogP contribution in [0, 0.1) is 5.92 Å². The fourth-order valence-corrected chi connectivity index (χ4v) is 4.97. The molecule has 1 heterocycles. The van der Waals surface area contributed by atoms with Crippen LogP contribution in [0.1, 0.15) is 74.6 Å². The van der Waals surface area contributed by atoms with E-state index in [1.54, 1.807) is 66.2 Å². The summed E-state index contributed by atoms with van der Waals surface area (Å²) in [5, 5.41) is 15.9. The van der Waals surface area contributed by atoms with Crippen LogP contribution < -0.4 is 15.4 Å². The Kier molecular flexibility index (Phi) is 12.8. The number of carbonyl (C=O) groups is 3. The number of carbonyl (C=O) groups excluding carboxylic acids is 3. The molecule has 2 aromatic rings. The van der Waals surface area contributed by atoms with Gasteiger partial charge in [0.2, 0.25) is 0 Å². The molecule has 0 saturated heterocycles. The highest BCUT2D eigenvalue weighted by atomic mass is 16.5. The monoisotopic (exact) mass is 596 g/mol. The van der Waals surface area contributed by atoms with Crippen LogP contribution in [0.4, 0.5) is 10.5 Å². The van der Waals surface area contributed by atoms with Gasteiger partial charge in [-0.1, -0.05) is 25.1 Å². The predicted octanol–water partition coefficient (Wildman–Crippen LogP) is 4.78. The third-order valence-corrected chi connectivity index (χ3v) is 7.56. The van der Waals surface area contributed by atoms with E-state index in [1.165, 1.54) is 0 Å². The number of nitrogens with zero attached hydrogens (tertiary/aromatic N) is 2. The minimum Gasteiger partial charge on any atom is -0.490 e. The van der Waals surface area contributed by atoms with E-state index >= 15 is 0 Å². The average Bonchev–Trinajstić information content (AvgIpc) is 2.98. The SMILES string of the molecule is CC(C)NC(=O)N(C)C[C@H]1OCCCC[C@H](C)Oc2ccc(NC(=O)c3ccccc3)cc2C(=O)N([C@H](C)CO)C[C@H]1C. The van der Waals surface area contributed by atoms with Crippen molar-refractivity contribution in [2.24, 2.45) is 5.92 Å². The lowest BCUT2D eigenvalue weighted by molar-refractivity contribution is -0.0122. The quantitative estimate of drug-likeness (QED) is 0.423. The molecule has 236 valence electrons. The van der Waals surface area contributed by atoms with Crippen molar-refractivity contribution < 1.29 is 29.0 Å². The van der Waals surface area contributed by atoms with Crippen LogP contribution in [-0.4, -0.2) is 90.4 Å². The standard InChI is InChI=1S/C33H48N4O6/c1-22(2)34-33(41)36(6)20-30-23(3)19-37(24(4)21-38)32(40)28-18-27(35-31(39)26-13-8-7-9-14-26)15-16-29(28)43-25(5)12-10-11-17-42-30/h7-9,13-16,18,22-25,30,38H,10-12,17,19-21H2,1-6H3,(H,34,41)(H,35,39)/t23-,24-,25+,30-/m1/s1. The van der Waals surface area contributed by atoms with Gasteiger partial charge in [-0.3, -0.25) is 9.59 Å². The minimum atomic E-state index is -0.502. The van der Waals surface area contributed by atoms with Gasteiger partial charge in [-0.25, -0.2) is 4.79 Å². The summed E-state index contributed by atoms with van der Waals surface area (Å²) >= 11 is 0. The first-order chi connectivity index (χ1) is 20.5. The lowest BCUT2D eigenvalue weighted by atomic mass is 10.0. The van der Waals surface area contributed by atoms with Crippen molar-refractivity contribution in [2.45, 2.75) is 78.2 Å². The van der Waals surface area contributed by atoms with Crippen LogP contribution in [0.25, 0.3) is 0 Å². The molecule has 3 rings (SSSR count). The molecule has 0 aromatic heterocycles. The van der Waals surface area contributed by atoms with Gasteiger partial charge >= 0.3 is 6.03 Å². The van der Waals surface area contributed by atoms with Gasteiger partial charge in [-0.05, 0) is 77.3 Å². The van der Waals surface area contributed by atoms with E-state index in [1.807, 2.05) is 33.8 Å². The van der Waals surface area contributed by atoms with Crippen LogP contribution in [0.3, 0.4) is 0 Å². The summed E-state index contributed by atoms with van der Waals surface area (Å²) in [6, 6.07) is 13.3. The molecular formula is C33H48N4O6. The molecule has 10 heteroatoms. The topological polar surface area (TPSA) is 120 Å². The number of ether oxygens (including phenoxy) is 2. The first-order valence-corrected chi connectivity index (χ1v) is 15.2. The van der Waals surface area contributed by atoms with Gasteiger partial charge in [0.1, 0.15) is 5.75 Å². The molecule has 1 aliphatic heterocycles. The zero-order chi connectivity index (χ0) is 31.5. The Morgan fingerprint density at radius 2 is 1.81 bits per heavy atom. The van der Waals surface area contributed by atoms with Gasteiger partial charge < -0.3 is 35.0 Å². The Bertz CT molecular complexity index is 1210. The predicted molar refractivity (Wildman–Crippen MR) is 168 cm³/mol. The van der Waals surface area contributed by atoms with Gasteiger partial charge in [0.05, 0.1) is 30.4 Å². The van der Waals surface area contributed by atoms with Crippen molar-refractivity contribution in [3.63, 3.8) is 0 Å². The summed E-state index contributed by atoms with van der Waals surface area (Å²) in [6.45, 7) is 10.5. The summed E-state index contributed by atoms with van der Waals surface area (Å²) < 4.78 is 12.6. The number of benzene rings is 2. The largest absolute Gasteiger partial charge is 0.490 e. The van der Waals surface area contributed by atoms with Gasteiger partial charge in [-0.2, -0.15) is 0 Å². The lowest BCUT2D eigenvalue weighted by Gasteiger charge is -2.36. The Morgan fingerprint density at radius 3 is 2.49 bits per heavy atom. The fraction of sp³-hybridized carbons (Fsp3) is 0.545. The van der Waals surface area contributed by atoms with Crippen LogP contribution in [0.15, 0.2) is 48.5 Å². The van der Waals surface area contributed by atoms with Crippen LogP contribution in [0.2, 0.25) is 0 Å². The Hall–Kier alpha value is -3.63. The van der Waals surface area contributed by atoms with E-state index in [9.17, 15) is 19.5 Å². The fourth-order valence-electron chi connectivity index (χ4n) is 4.97. The first kappa shape index (κ1) is 33.9. The van der Waals surface area contributed by atoms with E-state index in [0.717, 1.165) is 19.3 Å². The number of hydrogen-bond acceptors (Lipinski definition) is 6. The molecule has 0 spiro atoms. The second-order valence-corrected chi connectivity index (χ2v) is 11.8. The molecule has 0 saturated carbocycles. The van der Waals surface area contributed by atoms with Crippen molar-refractivity contribution in [2.75, 3.05) is 38.7 Å². The molecule has 3 N–H and O–H groups in total. The zero-order valence-electron chi connectivity index (χ0n) is 26.3. The Labute approximate surface area is 255 Å². The van der Waals surface area contributed by atoms with E-state index in [2.05, 4.69) is 10.6 Å². The number of amides is 4. The molecule has 1 aliphatic rings. The van der Waals surface area contributed by atoms with E-state index in [4.69, 9.17) is 9.47 Å². The molecule has 0 fully saturated rings. The smallest absolute Gasteiger partial charge is 0.317 e. The molecular weight excluding hydrogens is 548 g/mol. The van der Waals surface area contributed by atoms with E-state index in [0.29, 0.717) is 35.7 Å². The normalized spacial score (nSPS) is 20.8. The van der Waals surface area contributed by atoms with Gasteiger partial charge in [0, 0.05) is 50.0 Å². The van der Waals surface area contributed by atoms with E-state index in [-0.39, 0.29) is 55.2 Å². The molecule has 10 nitrogen and oxygen atoms in total. The number of likely N-dealkylation sites (N-methyl/N-ethyl adjacent to an activating group) is 1. The summed E-state index contributed by atoms with van der Waals surface area (Å²) in [4.78, 5) is 43.0. The third kappa shape index (κ3) is 9.96. The van der Waals surface area contributed by atoms with Crippen LogP contribution >= 0.6 is 0 Å². The number of rotatable bonds is 7. The number of anilines is 1. The van der Waals surface area contributed by atoms with Gasteiger partial charge in [-0.15, -0.1) is 0 Å². The molecule has 0 radical (unpaired) electrons. The summed E-state index contributed by atoms with van der Waals surface area (Å²) in [5.41, 5.74) is 1.26. The summed E-state index contributed by atoms with van der Waals surface area (Å²) in [7, 11) is 1.74. The van der Waals surface area contributed by atoms with Gasteiger partial charge in [0.25, 0.3) is 11.8 Å². The number of urea groups is 1. The number of hydrogen-bond donors (Lipinski definition) is 3. The van der Waals surface area contributed by atoms with Crippen molar-refractivity contribution in [1.82, 2.24) is 15.1 Å². The molecule has 2 aromatic carbocycles. The number of fused-ring (bicyclic) bond motifs is 1. The van der Waals surface area contributed by atoms with Crippen LogP contribution in [0.5, 0.6) is 5.75 Å². The molecule has 0 aliphatic carbocycles. The Morgan fingerprint density at radius 1 is 1.09 bits per heavy atom. The minimum absolute atomic E-state index is 0.00227. The first-order valence-electron chi connectivity index (χ1n) is 15.2. The maximum absolute atomic E-state index is 14.2. The van der Waals surface area contributed by atoms with Crippen LogP contribution in [-0.2, 0) is 4.74 Å². The summed E-state index contributed by atoms with van der Waals surface area (Å²) in [6.07, 6.45) is 1.96. The lowest BCUT2D eigenvalue weighted by Crippen LogP contribution is -2.49. The second kappa shape index (κ2) is 16.3. The molecule has 4 amide bonds. The van der Waals surface area contributed by atoms with Crippen molar-refractivity contribution >= 4 is 23.5 Å². The summed E-state index contributed by atoms with van der Waals surface area (Å²) in [5.74, 6) is -0.358.